The molecule has 0 unspecified atom stereocenters. The van der Waals surface area contributed by atoms with Crippen LogP contribution in [0.25, 0.3) is 0 Å². The Labute approximate surface area is 168 Å². The monoisotopic (exact) mass is 380 g/mol. The highest BCUT2D eigenvalue weighted by Gasteiger charge is 2.45. The van der Waals surface area contributed by atoms with Crippen LogP contribution in [0.2, 0.25) is 0 Å². The number of hydrogen-bond acceptors (Lipinski definition) is 3. The van der Waals surface area contributed by atoms with E-state index in [0.29, 0.717) is 17.8 Å². The molecular weight excluding hydrogens is 348 g/mol. The number of carbonyl (C=O) groups is 1. The molecule has 28 heavy (non-hydrogen) atoms. The number of likely N-dealkylation sites (N-methyl/N-ethyl adjacent to an activating group) is 1. The average molecular weight is 381 g/mol. The molecule has 3 atom stereocenters. The van der Waals surface area contributed by atoms with Crippen LogP contribution in [-0.2, 0) is 13.0 Å². The fraction of sp³-hybridized carbons (Fsp3) is 0.565. The molecule has 3 heterocycles. The number of rotatable bonds is 4. The van der Waals surface area contributed by atoms with Gasteiger partial charge < -0.3 is 9.80 Å². The highest BCUT2D eigenvalue weighted by Crippen LogP contribution is 2.35. The third kappa shape index (κ3) is 3.86. The standard InChI is InChI=1S/C23H32N4O/c1-3-26-15-13-20(24-26)23(28)27-19(16-18-10-6-4-7-11-18)17-22-21(27)12-8-5-9-14-25(22)2/h4,6-7,10-11,13,15,19,21-22H,3,5,8-9,12,14,16-17H2,1-2H3/t19-,21-,22+/m1/s1. The van der Waals surface area contributed by atoms with Crippen LogP contribution < -0.4 is 0 Å². The zero-order chi connectivity index (χ0) is 19.5. The van der Waals surface area contributed by atoms with Crippen LogP contribution in [0.4, 0.5) is 0 Å². The predicted octanol–water partition coefficient (Wildman–Crippen LogP) is 3.60. The highest BCUT2D eigenvalue weighted by atomic mass is 16.2. The lowest BCUT2D eigenvalue weighted by atomic mass is 9.96. The molecular formula is C23H32N4O. The van der Waals surface area contributed by atoms with Gasteiger partial charge in [-0.15, -0.1) is 0 Å². The minimum atomic E-state index is 0.106. The largest absolute Gasteiger partial charge is 0.329 e. The number of amides is 1. The van der Waals surface area contributed by atoms with E-state index in [1.807, 2.05) is 16.9 Å². The summed E-state index contributed by atoms with van der Waals surface area (Å²) < 4.78 is 1.84. The molecule has 0 radical (unpaired) electrons. The lowest BCUT2D eigenvalue weighted by Gasteiger charge is -2.36. The fourth-order valence-electron chi connectivity index (χ4n) is 5.04. The molecule has 2 fully saturated rings. The highest BCUT2D eigenvalue weighted by molar-refractivity contribution is 5.93. The van der Waals surface area contributed by atoms with E-state index in [4.69, 9.17) is 0 Å². The first-order valence-corrected chi connectivity index (χ1v) is 10.8. The number of aromatic nitrogens is 2. The van der Waals surface area contributed by atoms with Gasteiger partial charge >= 0.3 is 0 Å². The second kappa shape index (κ2) is 8.48. The first-order chi connectivity index (χ1) is 13.7. The van der Waals surface area contributed by atoms with Crippen molar-refractivity contribution in [2.24, 2.45) is 0 Å². The van der Waals surface area contributed by atoms with E-state index >= 15 is 0 Å². The third-order valence-corrected chi connectivity index (χ3v) is 6.52. The molecule has 5 nitrogen and oxygen atoms in total. The first kappa shape index (κ1) is 19.2. The van der Waals surface area contributed by atoms with Crippen LogP contribution in [0.5, 0.6) is 0 Å². The summed E-state index contributed by atoms with van der Waals surface area (Å²) >= 11 is 0. The van der Waals surface area contributed by atoms with Crippen LogP contribution in [0.3, 0.4) is 0 Å². The van der Waals surface area contributed by atoms with Crippen molar-refractivity contribution >= 4 is 5.91 Å². The van der Waals surface area contributed by atoms with Crippen LogP contribution in [-0.4, -0.2) is 57.2 Å². The molecule has 0 spiro atoms. The average Bonchev–Trinajstić information content (AvgIpc) is 3.31. The van der Waals surface area contributed by atoms with Gasteiger partial charge in [-0.3, -0.25) is 9.48 Å². The summed E-state index contributed by atoms with van der Waals surface area (Å²) in [6.45, 7) is 3.97. The Morgan fingerprint density at radius 1 is 1.11 bits per heavy atom. The number of carbonyl (C=O) groups excluding carboxylic acids is 1. The van der Waals surface area contributed by atoms with E-state index in [1.165, 1.54) is 24.8 Å². The zero-order valence-electron chi connectivity index (χ0n) is 17.1. The minimum Gasteiger partial charge on any atom is -0.329 e. The Kier molecular flexibility index (Phi) is 5.81. The third-order valence-electron chi connectivity index (χ3n) is 6.52. The van der Waals surface area contributed by atoms with E-state index in [-0.39, 0.29) is 11.9 Å². The summed E-state index contributed by atoms with van der Waals surface area (Å²) in [5.41, 5.74) is 1.89. The van der Waals surface area contributed by atoms with E-state index < -0.39 is 0 Å². The van der Waals surface area contributed by atoms with Gasteiger partial charge in [-0.1, -0.05) is 43.2 Å². The smallest absolute Gasteiger partial charge is 0.274 e. The van der Waals surface area contributed by atoms with Crippen molar-refractivity contribution in [2.45, 2.75) is 70.1 Å². The number of likely N-dealkylation sites (tertiary alicyclic amines) is 2. The van der Waals surface area contributed by atoms with Gasteiger partial charge in [-0.25, -0.2) is 0 Å². The molecule has 0 bridgehead atoms. The minimum absolute atomic E-state index is 0.106. The molecule has 0 saturated carbocycles. The Morgan fingerprint density at radius 3 is 2.68 bits per heavy atom. The Hall–Kier alpha value is -2.14. The molecule has 1 amide bonds. The molecule has 1 aromatic carbocycles. The summed E-state index contributed by atoms with van der Waals surface area (Å²) in [7, 11) is 2.24. The molecule has 1 aromatic heterocycles. The molecule has 2 aromatic rings. The number of hydrogen-bond donors (Lipinski definition) is 0. The molecule has 2 saturated heterocycles. The van der Waals surface area contributed by atoms with E-state index in [2.05, 4.69) is 59.2 Å². The summed E-state index contributed by atoms with van der Waals surface area (Å²) in [4.78, 5) is 18.3. The predicted molar refractivity (Wildman–Crippen MR) is 111 cm³/mol. The second-order valence-corrected chi connectivity index (χ2v) is 8.31. The zero-order valence-corrected chi connectivity index (χ0v) is 17.1. The van der Waals surface area contributed by atoms with Gasteiger partial charge in [-0.2, -0.15) is 5.10 Å². The van der Waals surface area contributed by atoms with Crippen molar-refractivity contribution in [1.29, 1.82) is 0 Å². The molecule has 2 aliphatic heterocycles. The molecule has 150 valence electrons. The lowest BCUT2D eigenvalue weighted by molar-refractivity contribution is 0.0597. The van der Waals surface area contributed by atoms with Gasteiger partial charge in [0.25, 0.3) is 5.91 Å². The normalized spacial score (nSPS) is 25.9. The summed E-state index contributed by atoms with van der Waals surface area (Å²) in [6, 6.07) is 13.5. The molecule has 0 aliphatic carbocycles. The second-order valence-electron chi connectivity index (χ2n) is 8.31. The topological polar surface area (TPSA) is 41.4 Å². The quantitative estimate of drug-likeness (QED) is 0.814. The van der Waals surface area contributed by atoms with Crippen molar-refractivity contribution in [2.75, 3.05) is 13.6 Å². The van der Waals surface area contributed by atoms with Gasteiger partial charge in [0.15, 0.2) is 0 Å². The number of fused-ring (bicyclic) bond motifs is 1. The van der Waals surface area contributed by atoms with Crippen LogP contribution in [0.15, 0.2) is 42.6 Å². The van der Waals surface area contributed by atoms with Crippen molar-refractivity contribution in [3.8, 4) is 0 Å². The molecule has 5 heteroatoms. The lowest BCUT2D eigenvalue weighted by Crippen LogP contribution is -2.48. The fourth-order valence-corrected chi connectivity index (χ4v) is 5.04. The Balaban J connectivity index is 1.64. The van der Waals surface area contributed by atoms with E-state index in [0.717, 1.165) is 32.4 Å². The van der Waals surface area contributed by atoms with Crippen LogP contribution >= 0.6 is 0 Å². The summed E-state index contributed by atoms with van der Waals surface area (Å²) in [5, 5.41) is 4.53. The maximum atomic E-state index is 13.6. The van der Waals surface area contributed by atoms with E-state index in [1.54, 1.807) is 0 Å². The Bertz CT molecular complexity index is 787. The molecule has 2 aliphatic rings. The van der Waals surface area contributed by atoms with Gasteiger partial charge in [-0.05, 0) is 57.8 Å². The van der Waals surface area contributed by atoms with Crippen molar-refractivity contribution in [3.05, 3.63) is 53.9 Å². The molecule has 0 N–H and O–H groups in total. The number of aryl methyl sites for hydroxylation is 1. The Morgan fingerprint density at radius 2 is 1.93 bits per heavy atom. The van der Waals surface area contributed by atoms with Gasteiger partial charge in [0.2, 0.25) is 0 Å². The van der Waals surface area contributed by atoms with Crippen molar-refractivity contribution in [3.63, 3.8) is 0 Å². The SMILES string of the molecule is CCn1ccc(C(=O)N2[C@H](Cc3ccccc3)C[C@H]3[C@H]2CCCCCN3C)n1. The van der Waals surface area contributed by atoms with Crippen molar-refractivity contribution in [1.82, 2.24) is 19.6 Å². The maximum absolute atomic E-state index is 13.6. The summed E-state index contributed by atoms with van der Waals surface area (Å²) in [6.07, 6.45) is 8.71. The van der Waals surface area contributed by atoms with Crippen LogP contribution in [0.1, 0.15) is 55.1 Å². The maximum Gasteiger partial charge on any atom is 0.274 e. The van der Waals surface area contributed by atoms with Gasteiger partial charge in [0.05, 0.1) is 0 Å². The number of benzene rings is 1. The van der Waals surface area contributed by atoms with E-state index in [9.17, 15) is 4.79 Å². The van der Waals surface area contributed by atoms with Gasteiger partial charge in [0, 0.05) is 30.9 Å². The van der Waals surface area contributed by atoms with Gasteiger partial charge in [0.1, 0.15) is 5.69 Å². The van der Waals surface area contributed by atoms with Crippen molar-refractivity contribution < 1.29 is 4.79 Å². The summed E-state index contributed by atoms with van der Waals surface area (Å²) in [5.74, 6) is 0.106. The first-order valence-electron chi connectivity index (χ1n) is 10.8. The molecule has 4 rings (SSSR count). The van der Waals surface area contributed by atoms with Crippen LogP contribution in [0, 0.1) is 0 Å². The number of nitrogens with zero attached hydrogens (tertiary/aromatic N) is 4.